The number of ketones is 1. The van der Waals surface area contributed by atoms with E-state index < -0.39 is 16.6 Å². The topological polar surface area (TPSA) is 72.9 Å². The maximum atomic E-state index is 12.6. The molecule has 1 atom stereocenters. The lowest BCUT2D eigenvalue weighted by atomic mass is 9.89. The summed E-state index contributed by atoms with van der Waals surface area (Å²) >= 11 is 6.14. The number of alkyl halides is 1. The first-order chi connectivity index (χ1) is 11.0. The van der Waals surface area contributed by atoms with E-state index >= 15 is 0 Å². The first-order valence-electron chi connectivity index (χ1n) is 7.79. The molecule has 6 nitrogen and oxygen atoms in total. The minimum atomic E-state index is -1.90. The van der Waals surface area contributed by atoms with Crippen molar-refractivity contribution in [1.82, 2.24) is 5.32 Å². The molecular weight excluding hydrogens is 318 g/mol. The molecule has 2 heterocycles. The Morgan fingerprint density at radius 3 is 2.70 bits per heavy atom. The second kappa shape index (κ2) is 6.02. The summed E-state index contributed by atoms with van der Waals surface area (Å²) in [7, 11) is 0. The van der Waals surface area contributed by atoms with Crippen LogP contribution >= 0.6 is 11.6 Å². The maximum absolute atomic E-state index is 12.6. The Morgan fingerprint density at radius 1 is 1.39 bits per heavy atom. The number of carbonyl (C=O) groups excluding carboxylic acids is 1. The molecule has 1 unspecified atom stereocenters. The third-order valence-electron chi connectivity index (χ3n) is 4.54. The van der Waals surface area contributed by atoms with E-state index in [0.29, 0.717) is 12.1 Å². The predicted octanol–water partition coefficient (Wildman–Crippen LogP) is 1.18. The molecule has 7 heteroatoms. The van der Waals surface area contributed by atoms with Crippen molar-refractivity contribution in [3.8, 4) is 0 Å². The van der Waals surface area contributed by atoms with E-state index in [2.05, 4.69) is 10.2 Å². The lowest BCUT2D eigenvalue weighted by Crippen LogP contribution is -2.54. The zero-order valence-corrected chi connectivity index (χ0v) is 13.8. The van der Waals surface area contributed by atoms with E-state index in [1.807, 2.05) is 24.0 Å². The molecule has 0 aromatic heterocycles. The van der Waals surface area contributed by atoms with Gasteiger partial charge in [0.15, 0.2) is 5.78 Å². The number of piperazine rings is 1. The summed E-state index contributed by atoms with van der Waals surface area (Å²) in [6, 6.07) is 5.55. The van der Waals surface area contributed by atoms with Crippen molar-refractivity contribution in [2.45, 2.75) is 11.8 Å². The van der Waals surface area contributed by atoms with Gasteiger partial charge < -0.3 is 20.2 Å². The third-order valence-corrected chi connectivity index (χ3v) is 4.99. The van der Waals surface area contributed by atoms with Crippen molar-refractivity contribution in [2.24, 2.45) is 0 Å². The number of nitrogens with zero attached hydrogens (tertiary/aromatic N) is 2. The van der Waals surface area contributed by atoms with E-state index in [1.165, 1.54) is 0 Å². The monoisotopic (exact) mass is 337 g/mol. The Bertz CT molecular complexity index is 645. The Balaban J connectivity index is 2.01. The summed E-state index contributed by atoms with van der Waals surface area (Å²) in [6.07, 6.45) is 0. The molecule has 1 saturated heterocycles. The first-order valence-corrected chi connectivity index (χ1v) is 8.17. The van der Waals surface area contributed by atoms with E-state index in [-0.39, 0.29) is 6.54 Å². The van der Waals surface area contributed by atoms with E-state index in [1.54, 1.807) is 6.07 Å². The molecule has 0 radical (unpaired) electrons. The molecule has 0 bridgehead atoms. The highest BCUT2D eigenvalue weighted by atomic mass is 35.5. The number of hydrogen-bond donors (Lipinski definition) is 2. The quantitative estimate of drug-likeness (QED) is 0.637. The Hall–Kier alpha value is -1.79. The van der Waals surface area contributed by atoms with Crippen LogP contribution < -0.4 is 15.1 Å². The minimum absolute atomic E-state index is 0.0166. The number of halogens is 1. The number of carboxylic acid groups (broad SMARTS) is 1. The van der Waals surface area contributed by atoms with Crippen LogP contribution in [0, 0.1) is 0 Å². The highest BCUT2D eigenvalue weighted by Gasteiger charge is 2.50. The minimum Gasteiger partial charge on any atom is -0.480 e. The summed E-state index contributed by atoms with van der Waals surface area (Å²) in [6.45, 7) is 6.18. The van der Waals surface area contributed by atoms with Crippen LogP contribution in [0.4, 0.5) is 11.4 Å². The smallest absolute Gasteiger partial charge is 0.334 e. The van der Waals surface area contributed by atoms with E-state index in [9.17, 15) is 14.7 Å². The summed E-state index contributed by atoms with van der Waals surface area (Å²) in [5.41, 5.74) is 2.20. The van der Waals surface area contributed by atoms with Crippen LogP contribution in [-0.2, 0) is 4.79 Å². The SMILES string of the molecule is CCN1CC(Cl)(C(=O)O)C(=O)c2ccc(N3CCNCC3)cc21. The number of hydrogen-bond acceptors (Lipinski definition) is 5. The molecule has 0 amide bonds. The number of benzene rings is 1. The van der Waals surface area contributed by atoms with Crippen molar-refractivity contribution in [2.75, 3.05) is 49.1 Å². The van der Waals surface area contributed by atoms with Gasteiger partial charge in [-0.05, 0) is 25.1 Å². The van der Waals surface area contributed by atoms with Crippen LogP contribution in [0.5, 0.6) is 0 Å². The predicted molar refractivity (Wildman–Crippen MR) is 90.0 cm³/mol. The molecule has 3 rings (SSSR count). The lowest BCUT2D eigenvalue weighted by molar-refractivity contribution is -0.138. The lowest BCUT2D eigenvalue weighted by Gasteiger charge is -2.38. The number of Topliss-reactive ketones (excluding diaryl/α,β-unsaturated/α-hetero) is 1. The molecule has 23 heavy (non-hydrogen) atoms. The molecule has 124 valence electrons. The average molecular weight is 338 g/mol. The molecule has 2 aliphatic rings. The van der Waals surface area contributed by atoms with Gasteiger partial charge in [-0.3, -0.25) is 4.79 Å². The largest absolute Gasteiger partial charge is 0.480 e. The molecule has 1 aromatic rings. The van der Waals surface area contributed by atoms with Gasteiger partial charge in [0, 0.05) is 49.7 Å². The fraction of sp³-hybridized carbons (Fsp3) is 0.500. The molecule has 2 N–H and O–H groups in total. The van der Waals surface area contributed by atoms with Gasteiger partial charge in [0.25, 0.3) is 0 Å². The fourth-order valence-corrected chi connectivity index (χ4v) is 3.42. The van der Waals surface area contributed by atoms with Crippen LogP contribution in [0.1, 0.15) is 17.3 Å². The molecule has 0 aliphatic carbocycles. The zero-order chi connectivity index (χ0) is 16.6. The number of carboxylic acids is 1. The standard InChI is InChI=1S/C16H20ClN3O3/c1-2-19-10-16(17,15(22)23)14(21)12-4-3-11(9-13(12)19)20-7-5-18-6-8-20/h3-4,9,18H,2,5-8,10H2,1H3,(H,22,23). The van der Waals surface area contributed by atoms with Crippen LogP contribution in [-0.4, -0.2) is 61.0 Å². The highest BCUT2D eigenvalue weighted by molar-refractivity contribution is 6.49. The summed E-state index contributed by atoms with van der Waals surface area (Å²) < 4.78 is 0. The third kappa shape index (κ3) is 2.66. The van der Waals surface area contributed by atoms with Crippen LogP contribution in [0.15, 0.2) is 18.2 Å². The van der Waals surface area contributed by atoms with Crippen LogP contribution in [0.3, 0.4) is 0 Å². The molecule has 0 saturated carbocycles. The second-order valence-corrected chi connectivity index (χ2v) is 6.53. The number of carbonyl (C=O) groups is 2. The van der Waals surface area contributed by atoms with E-state index in [4.69, 9.17) is 11.6 Å². The second-order valence-electron chi connectivity index (χ2n) is 5.89. The van der Waals surface area contributed by atoms with E-state index in [0.717, 1.165) is 37.6 Å². The van der Waals surface area contributed by atoms with Crippen LogP contribution in [0.2, 0.25) is 0 Å². The Labute approximate surface area is 140 Å². The summed E-state index contributed by atoms with van der Waals surface area (Å²) in [5, 5.41) is 12.7. The van der Waals surface area contributed by atoms with Gasteiger partial charge in [0.2, 0.25) is 4.87 Å². The summed E-state index contributed by atoms with van der Waals surface area (Å²) in [4.78, 5) is 26.3. The molecule has 1 aromatic carbocycles. The molecule has 2 aliphatic heterocycles. The van der Waals surface area contributed by atoms with Gasteiger partial charge in [-0.25, -0.2) is 4.79 Å². The fourth-order valence-electron chi connectivity index (χ4n) is 3.17. The van der Waals surface area contributed by atoms with Gasteiger partial charge in [-0.2, -0.15) is 0 Å². The van der Waals surface area contributed by atoms with Crippen molar-refractivity contribution in [1.29, 1.82) is 0 Å². The first kappa shape index (κ1) is 16.1. The van der Waals surface area contributed by atoms with Crippen LogP contribution in [0.25, 0.3) is 0 Å². The van der Waals surface area contributed by atoms with Gasteiger partial charge >= 0.3 is 5.97 Å². The zero-order valence-electron chi connectivity index (χ0n) is 13.0. The Morgan fingerprint density at radius 2 is 2.09 bits per heavy atom. The number of aliphatic carboxylic acids is 1. The average Bonchev–Trinajstić information content (AvgIpc) is 2.58. The molecule has 0 spiro atoms. The molecule has 1 fully saturated rings. The number of fused-ring (bicyclic) bond motifs is 1. The number of nitrogens with one attached hydrogen (secondary N) is 1. The maximum Gasteiger partial charge on any atom is 0.334 e. The van der Waals surface area contributed by atoms with Gasteiger partial charge in [-0.1, -0.05) is 11.6 Å². The number of rotatable bonds is 3. The van der Waals surface area contributed by atoms with Crippen molar-refractivity contribution < 1.29 is 14.7 Å². The van der Waals surface area contributed by atoms with Gasteiger partial charge in [0.05, 0.1) is 6.54 Å². The summed E-state index contributed by atoms with van der Waals surface area (Å²) in [5.74, 6) is -1.82. The van der Waals surface area contributed by atoms with Crippen molar-refractivity contribution in [3.05, 3.63) is 23.8 Å². The highest BCUT2D eigenvalue weighted by Crippen LogP contribution is 2.37. The Kier molecular flexibility index (Phi) is 4.21. The number of anilines is 2. The van der Waals surface area contributed by atoms with Gasteiger partial charge in [-0.15, -0.1) is 0 Å². The van der Waals surface area contributed by atoms with Gasteiger partial charge in [0.1, 0.15) is 0 Å². The molecular formula is C16H20ClN3O3. The van der Waals surface area contributed by atoms with Crippen molar-refractivity contribution >= 4 is 34.7 Å². The normalized spacial score (nSPS) is 24.5. The van der Waals surface area contributed by atoms with Crippen molar-refractivity contribution in [3.63, 3.8) is 0 Å².